The lowest BCUT2D eigenvalue weighted by molar-refractivity contribution is 0.116. The topological polar surface area (TPSA) is 87.1 Å². The number of alkyl halides is 2. The summed E-state index contributed by atoms with van der Waals surface area (Å²) in [5.41, 5.74) is 0.791. The fourth-order valence-electron chi connectivity index (χ4n) is 2.09. The van der Waals surface area contributed by atoms with Crippen molar-refractivity contribution in [2.75, 3.05) is 0 Å². The SMILES string of the molecule is FC(F)c1nnc(-c2ccc(COc3nnc(-c4ccccc4)o3)s2)o1. The molecule has 3 aromatic heterocycles. The number of ether oxygens (including phenoxy) is 1. The molecule has 4 aromatic rings. The van der Waals surface area contributed by atoms with Gasteiger partial charge in [0, 0.05) is 10.4 Å². The second kappa shape index (κ2) is 7.00. The number of hydrogen-bond donors (Lipinski definition) is 0. The molecule has 0 aliphatic heterocycles. The van der Waals surface area contributed by atoms with Crippen LogP contribution in [0.4, 0.5) is 8.78 Å². The van der Waals surface area contributed by atoms with Gasteiger partial charge in [-0.1, -0.05) is 23.3 Å². The molecular formula is C16H10F2N4O3S. The molecule has 4 rings (SSSR count). The monoisotopic (exact) mass is 376 g/mol. The third kappa shape index (κ3) is 3.45. The molecule has 0 N–H and O–H groups in total. The maximum Gasteiger partial charge on any atom is 0.415 e. The first-order valence-corrected chi connectivity index (χ1v) is 8.23. The standard InChI is InChI=1S/C16H10F2N4O3S/c17-12(18)15-21-20-14(24-15)11-7-6-10(26-11)8-23-16-22-19-13(25-16)9-4-2-1-3-5-9/h1-7,12H,8H2. The summed E-state index contributed by atoms with van der Waals surface area (Å²) >= 11 is 1.28. The highest BCUT2D eigenvalue weighted by atomic mass is 32.1. The molecule has 0 bridgehead atoms. The zero-order valence-electron chi connectivity index (χ0n) is 13.0. The van der Waals surface area contributed by atoms with Crippen molar-refractivity contribution >= 4 is 11.3 Å². The van der Waals surface area contributed by atoms with Crippen LogP contribution in [0.1, 0.15) is 17.2 Å². The molecule has 0 amide bonds. The number of nitrogens with zero attached hydrogens (tertiary/aromatic N) is 4. The first kappa shape index (κ1) is 16.3. The van der Waals surface area contributed by atoms with Crippen LogP contribution in [-0.2, 0) is 6.61 Å². The van der Waals surface area contributed by atoms with E-state index in [1.165, 1.54) is 11.3 Å². The second-order valence-corrected chi connectivity index (χ2v) is 6.21. The van der Waals surface area contributed by atoms with Gasteiger partial charge in [-0.3, -0.25) is 0 Å². The molecule has 26 heavy (non-hydrogen) atoms. The van der Waals surface area contributed by atoms with E-state index in [1.807, 2.05) is 30.3 Å². The fourth-order valence-corrected chi connectivity index (χ4v) is 2.93. The number of hydrogen-bond acceptors (Lipinski definition) is 8. The largest absolute Gasteiger partial charge is 0.443 e. The molecule has 3 heterocycles. The van der Waals surface area contributed by atoms with Crippen molar-refractivity contribution in [1.82, 2.24) is 20.4 Å². The van der Waals surface area contributed by atoms with Gasteiger partial charge in [0.25, 0.3) is 17.7 Å². The Morgan fingerprint density at radius 3 is 2.50 bits per heavy atom. The lowest BCUT2D eigenvalue weighted by atomic mass is 10.2. The summed E-state index contributed by atoms with van der Waals surface area (Å²) in [6.45, 7) is 0.178. The van der Waals surface area contributed by atoms with Gasteiger partial charge < -0.3 is 13.6 Å². The molecule has 0 radical (unpaired) electrons. The quantitative estimate of drug-likeness (QED) is 0.494. The number of rotatable bonds is 6. The highest BCUT2D eigenvalue weighted by Crippen LogP contribution is 2.30. The van der Waals surface area contributed by atoms with E-state index in [2.05, 4.69) is 20.4 Å². The van der Waals surface area contributed by atoms with Crippen LogP contribution >= 0.6 is 11.3 Å². The third-order valence-corrected chi connectivity index (χ3v) is 4.31. The Hall–Kier alpha value is -3.14. The van der Waals surface area contributed by atoms with E-state index in [1.54, 1.807) is 12.1 Å². The van der Waals surface area contributed by atoms with Crippen LogP contribution in [0.15, 0.2) is 51.3 Å². The van der Waals surface area contributed by atoms with Gasteiger partial charge in [-0.15, -0.1) is 26.6 Å². The molecular weight excluding hydrogens is 366 g/mol. The van der Waals surface area contributed by atoms with E-state index in [4.69, 9.17) is 13.6 Å². The lowest BCUT2D eigenvalue weighted by Gasteiger charge is -1.97. The minimum atomic E-state index is -2.80. The van der Waals surface area contributed by atoms with Gasteiger partial charge in [-0.25, -0.2) is 0 Å². The highest BCUT2D eigenvalue weighted by Gasteiger charge is 2.18. The smallest absolute Gasteiger partial charge is 0.415 e. The molecule has 0 unspecified atom stereocenters. The van der Waals surface area contributed by atoms with Crippen molar-refractivity contribution in [3.8, 4) is 28.3 Å². The van der Waals surface area contributed by atoms with E-state index in [0.29, 0.717) is 10.8 Å². The summed E-state index contributed by atoms with van der Waals surface area (Å²) in [5, 5.41) is 14.7. The molecule has 0 saturated heterocycles. The maximum absolute atomic E-state index is 12.5. The Bertz CT molecular complexity index is 1000. The second-order valence-electron chi connectivity index (χ2n) is 5.04. The molecule has 0 spiro atoms. The van der Waals surface area contributed by atoms with Crippen molar-refractivity contribution in [3.63, 3.8) is 0 Å². The van der Waals surface area contributed by atoms with Gasteiger partial charge in [-0.05, 0) is 24.3 Å². The molecule has 7 nitrogen and oxygen atoms in total. The lowest BCUT2D eigenvalue weighted by Crippen LogP contribution is -1.92. The third-order valence-electron chi connectivity index (χ3n) is 3.26. The van der Waals surface area contributed by atoms with Crippen molar-refractivity contribution in [2.24, 2.45) is 0 Å². The van der Waals surface area contributed by atoms with Crippen LogP contribution in [-0.4, -0.2) is 20.4 Å². The minimum absolute atomic E-state index is 0.0385. The molecule has 0 atom stereocenters. The summed E-state index contributed by atoms with van der Waals surface area (Å²) in [6, 6.07) is 12.8. The number of benzene rings is 1. The van der Waals surface area contributed by atoms with Crippen LogP contribution in [0.25, 0.3) is 22.2 Å². The van der Waals surface area contributed by atoms with Gasteiger partial charge in [-0.2, -0.15) is 8.78 Å². The minimum Gasteiger partial charge on any atom is -0.443 e. The van der Waals surface area contributed by atoms with E-state index in [9.17, 15) is 8.78 Å². The Morgan fingerprint density at radius 2 is 1.73 bits per heavy atom. The Labute approximate surface area is 149 Å². The van der Waals surface area contributed by atoms with Gasteiger partial charge in [0.1, 0.15) is 6.61 Å². The molecule has 132 valence electrons. The number of aromatic nitrogens is 4. The molecule has 0 aliphatic rings. The van der Waals surface area contributed by atoms with Crippen molar-refractivity contribution in [2.45, 2.75) is 13.0 Å². The van der Waals surface area contributed by atoms with Crippen LogP contribution in [0.3, 0.4) is 0 Å². The summed E-state index contributed by atoms with van der Waals surface area (Å²) < 4.78 is 40.8. The van der Waals surface area contributed by atoms with Gasteiger partial charge in [0.05, 0.1) is 4.88 Å². The highest BCUT2D eigenvalue weighted by molar-refractivity contribution is 7.15. The Balaban J connectivity index is 1.41. The molecule has 1 aromatic carbocycles. The number of halogens is 2. The van der Waals surface area contributed by atoms with Crippen LogP contribution in [0.5, 0.6) is 6.08 Å². The van der Waals surface area contributed by atoms with Crippen molar-refractivity contribution < 1.29 is 22.4 Å². The van der Waals surface area contributed by atoms with E-state index in [-0.39, 0.29) is 18.6 Å². The van der Waals surface area contributed by atoms with Crippen molar-refractivity contribution in [1.29, 1.82) is 0 Å². The molecule has 0 aliphatic carbocycles. The van der Waals surface area contributed by atoms with E-state index >= 15 is 0 Å². The normalized spacial score (nSPS) is 11.2. The average molecular weight is 376 g/mol. The van der Waals surface area contributed by atoms with Gasteiger partial charge in [0.2, 0.25) is 0 Å². The first-order valence-electron chi connectivity index (χ1n) is 7.41. The molecule has 0 fully saturated rings. The Morgan fingerprint density at radius 1 is 0.923 bits per heavy atom. The first-order chi connectivity index (χ1) is 12.7. The predicted octanol–water partition coefficient (Wildman–Crippen LogP) is 4.36. The number of thiophene rings is 1. The van der Waals surface area contributed by atoms with Crippen molar-refractivity contribution in [3.05, 3.63) is 53.2 Å². The van der Waals surface area contributed by atoms with Crippen LogP contribution < -0.4 is 4.74 Å². The van der Waals surface area contributed by atoms with Crippen LogP contribution in [0, 0.1) is 0 Å². The maximum atomic E-state index is 12.5. The predicted molar refractivity (Wildman–Crippen MR) is 86.6 cm³/mol. The summed E-state index contributed by atoms with van der Waals surface area (Å²) in [6.07, 6.45) is -2.76. The van der Waals surface area contributed by atoms with E-state index in [0.717, 1.165) is 10.4 Å². The zero-order valence-corrected chi connectivity index (χ0v) is 13.8. The molecule has 0 saturated carbocycles. The summed E-state index contributed by atoms with van der Waals surface area (Å²) in [7, 11) is 0. The van der Waals surface area contributed by atoms with E-state index < -0.39 is 12.3 Å². The molecule has 10 heteroatoms. The van der Waals surface area contributed by atoms with Crippen LogP contribution in [0.2, 0.25) is 0 Å². The Kier molecular flexibility index (Phi) is 4.40. The van der Waals surface area contributed by atoms with Gasteiger partial charge >= 0.3 is 12.5 Å². The summed E-state index contributed by atoms with van der Waals surface area (Å²) in [4.78, 5) is 1.37. The average Bonchev–Trinajstić information content (AvgIpc) is 3.39. The van der Waals surface area contributed by atoms with Gasteiger partial charge in [0.15, 0.2) is 0 Å². The zero-order chi connectivity index (χ0) is 17.9. The summed E-state index contributed by atoms with van der Waals surface area (Å²) in [5.74, 6) is -0.302. The fraction of sp³-hybridized carbons (Fsp3) is 0.125.